The lowest BCUT2D eigenvalue weighted by Crippen LogP contribution is -2.16. The quantitative estimate of drug-likeness (QED) is 0.248. The molecule has 0 radical (unpaired) electrons. The lowest BCUT2D eigenvalue weighted by molar-refractivity contribution is -0.113. The standard InChI is InChI=1S/C26H32N4O4S2/c1-4-20-15-21(25(32)33-6-3)24(36-20)27-22(31)16-35-26-29-28-23(30(26)5-2)17-11-13-19(14-12-17)34-18-9-7-8-10-18/h11-15,18H,4-10,16H2,1-3H3,(H,27,31). The summed E-state index contributed by atoms with van der Waals surface area (Å²) in [5.74, 6) is 1.14. The van der Waals surface area contributed by atoms with E-state index in [4.69, 9.17) is 9.47 Å². The van der Waals surface area contributed by atoms with Gasteiger partial charge in [0, 0.05) is 17.0 Å². The first kappa shape index (κ1) is 26.2. The monoisotopic (exact) mass is 528 g/mol. The van der Waals surface area contributed by atoms with Gasteiger partial charge in [-0.3, -0.25) is 4.79 Å². The Labute approximate surface area is 219 Å². The van der Waals surface area contributed by atoms with Crippen LogP contribution in [0.2, 0.25) is 0 Å². The Balaban J connectivity index is 1.40. The van der Waals surface area contributed by atoms with Crippen LogP contribution in [-0.2, 0) is 22.5 Å². The van der Waals surface area contributed by atoms with E-state index >= 15 is 0 Å². The van der Waals surface area contributed by atoms with Crippen LogP contribution < -0.4 is 10.1 Å². The minimum absolute atomic E-state index is 0.147. The lowest BCUT2D eigenvalue weighted by Gasteiger charge is -2.13. The third-order valence-electron chi connectivity index (χ3n) is 5.96. The highest BCUT2D eigenvalue weighted by molar-refractivity contribution is 7.99. The van der Waals surface area contributed by atoms with Gasteiger partial charge in [0.1, 0.15) is 10.8 Å². The van der Waals surface area contributed by atoms with E-state index in [0.29, 0.717) is 28.4 Å². The maximum absolute atomic E-state index is 12.7. The van der Waals surface area contributed by atoms with E-state index in [9.17, 15) is 9.59 Å². The second kappa shape index (κ2) is 12.4. The van der Waals surface area contributed by atoms with Crippen LogP contribution in [0, 0.1) is 0 Å². The summed E-state index contributed by atoms with van der Waals surface area (Å²) in [6.45, 7) is 6.75. The Morgan fingerprint density at radius 2 is 1.89 bits per heavy atom. The fraction of sp³-hybridized carbons (Fsp3) is 0.462. The Hall–Kier alpha value is -2.85. The largest absolute Gasteiger partial charge is 0.490 e. The number of benzene rings is 1. The second-order valence-electron chi connectivity index (χ2n) is 8.47. The van der Waals surface area contributed by atoms with Gasteiger partial charge in [-0.15, -0.1) is 21.5 Å². The molecule has 2 aromatic heterocycles. The molecule has 0 aliphatic heterocycles. The minimum atomic E-state index is -0.425. The van der Waals surface area contributed by atoms with Crippen molar-refractivity contribution < 1.29 is 19.1 Å². The van der Waals surface area contributed by atoms with Crippen molar-refractivity contribution in [3.8, 4) is 17.1 Å². The topological polar surface area (TPSA) is 95.3 Å². The SMILES string of the molecule is CCOC(=O)c1cc(CC)sc1NC(=O)CSc1nnc(-c2ccc(OC3CCCC3)cc2)n1CC. The van der Waals surface area contributed by atoms with E-state index in [1.165, 1.54) is 35.9 Å². The molecule has 8 nitrogen and oxygen atoms in total. The molecular weight excluding hydrogens is 496 g/mol. The third kappa shape index (κ3) is 6.28. The van der Waals surface area contributed by atoms with E-state index in [1.54, 1.807) is 13.0 Å². The van der Waals surface area contributed by atoms with Crippen molar-refractivity contribution in [3.05, 3.63) is 40.8 Å². The van der Waals surface area contributed by atoms with E-state index < -0.39 is 5.97 Å². The smallest absolute Gasteiger partial charge is 0.341 e. The molecule has 3 aromatic rings. The molecule has 36 heavy (non-hydrogen) atoms. The van der Waals surface area contributed by atoms with Crippen molar-refractivity contribution in [1.82, 2.24) is 14.8 Å². The summed E-state index contributed by atoms with van der Waals surface area (Å²) in [5, 5.41) is 12.8. The average Bonchev–Trinajstić information content (AvgIpc) is 3.63. The summed E-state index contributed by atoms with van der Waals surface area (Å²) < 4.78 is 13.2. The molecule has 192 valence electrons. The second-order valence-corrected chi connectivity index (χ2v) is 10.5. The van der Waals surface area contributed by atoms with Crippen molar-refractivity contribution in [1.29, 1.82) is 0 Å². The average molecular weight is 529 g/mol. The summed E-state index contributed by atoms with van der Waals surface area (Å²) in [4.78, 5) is 26.0. The number of thioether (sulfide) groups is 1. The number of carbonyl (C=O) groups excluding carboxylic acids is 2. The van der Waals surface area contributed by atoms with Crippen LogP contribution in [0.5, 0.6) is 5.75 Å². The Kier molecular flexibility index (Phi) is 9.03. The van der Waals surface area contributed by atoms with Crippen LogP contribution in [0.1, 0.15) is 61.7 Å². The predicted molar refractivity (Wildman–Crippen MR) is 143 cm³/mol. The molecule has 0 spiro atoms. The molecule has 0 atom stereocenters. The Bertz CT molecular complexity index is 1180. The van der Waals surface area contributed by atoms with Crippen LogP contribution >= 0.6 is 23.1 Å². The number of esters is 1. The van der Waals surface area contributed by atoms with E-state index in [1.807, 2.05) is 42.7 Å². The van der Waals surface area contributed by atoms with Crippen molar-refractivity contribution in [2.24, 2.45) is 0 Å². The summed E-state index contributed by atoms with van der Waals surface area (Å²) in [6, 6.07) is 9.75. The fourth-order valence-corrected chi connectivity index (χ4v) is 5.94. The van der Waals surface area contributed by atoms with Gasteiger partial charge in [-0.05, 0) is 76.3 Å². The molecule has 1 saturated carbocycles. The Morgan fingerprint density at radius 1 is 1.14 bits per heavy atom. The highest BCUT2D eigenvalue weighted by Crippen LogP contribution is 2.31. The summed E-state index contributed by atoms with van der Waals surface area (Å²) in [7, 11) is 0. The van der Waals surface area contributed by atoms with Crippen molar-refractivity contribution in [2.75, 3.05) is 17.7 Å². The molecule has 2 heterocycles. The highest BCUT2D eigenvalue weighted by atomic mass is 32.2. The van der Waals surface area contributed by atoms with Gasteiger partial charge in [-0.2, -0.15) is 0 Å². The molecule has 1 N–H and O–H groups in total. The van der Waals surface area contributed by atoms with E-state index in [0.717, 1.165) is 41.3 Å². The Morgan fingerprint density at radius 3 is 2.56 bits per heavy atom. The molecule has 0 saturated heterocycles. The minimum Gasteiger partial charge on any atom is -0.490 e. The van der Waals surface area contributed by atoms with Crippen LogP contribution in [0.4, 0.5) is 5.00 Å². The van der Waals surface area contributed by atoms with Gasteiger partial charge in [-0.1, -0.05) is 18.7 Å². The van der Waals surface area contributed by atoms with E-state index in [-0.39, 0.29) is 18.3 Å². The van der Waals surface area contributed by atoms with Crippen LogP contribution in [0.15, 0.2) is 35.5 Å². The first-order valence-corrected chi connectivity index (χ1v) is 14.2. The lowest BCUT2D eigenvalue weighted by atomic mass is 10.2. The number of aromatic nitrogens is 3. The van der Waals surface area contributed by atoms with Crippen molar-refractivity contribution in [2.45, 2.75) is 70.7 Å². The van der Waals surface area contributed by atoms with E-state index in [2.05, 4.69) is 15.5 Å². The number of rotatable bonds is 11. The predicted octanol–water partition coefficient (Wildman–Crippen LogP) is 5.82. The number of ether oxygens (including phenoxy) is 2. The zero-order chi connectivity index (χ0) is 25.5. The fourth-order valence-electron chi connectivity index (χ4n) is 4.14. The number of amides is 1. The van der Waals surface area contributed by atoms with Gasteiger partial charge in [0.15, 0.2) is 11.0 Å². The zero-order valence-corrected chi connectivity index (χ0v) is 22.5. The molecule has 10 heteroatoms. The highest BCUT2D eigenvalue weighted by Gasteiger charge is 2.20. The van der Waals surface area contributed by atoms with Crippen LogP contribution in [0.3, 0.4) is 0 Å². The summed E-state index contributed by atoms with van der Waals surface area (Å²) in [5.41, 5.74) is 1.35. The molecule has 1 aliphatic rings. The van der Waals surface area contributed by atoms with Gasteiger partial charge < -0.3 is 19.4 Å². The summed E-state index contributed by atoms with van der Waals surface area (Å²) >= 11 is 2.72. The molecule has 0 bridgehead atoms. The summed E-state index contributed by atoms with van der Waals surface area (Å²) in [6.07, 6.45) is 5.81. The molecule has 1 aromatic carbocycles. The van der Waals surface area contributed by atoms with Gasteiger partial charge in [0.2, 0.25) is 5.91 Å². The van der Waals surface area contributed by atoms with Crippen LogP contribution in [-0.4, -0.2) is 45.1 Å². The zero-order valence-electron chi connectivity index (χ0n) is 20.9. The van der Waals surface area contributed by atoms with Gasteiger partial charge in [-0.25, -0.2) is 4.79 Å². The maximum Gasteiger partial charge on any atom is 0.341 e. The first-order valence-electron chi connectivity index (χ1n) is 12.4. The molecule has 1 fully saturated rings. The molecule has 0 unspecified atom stereocenters. The van der Waals surface area contributed by atoms with Gasteiger partial charge in [0.25, 0.3) is 0 Å². The number of anilines is 1. The number of aryl methyl sites for hydroxylation is 1. The number of hydrogen-bond acceptors (Lipinski definition) is 8. The molecule has 4 rings (SSSR count). The number of thiophene rings is 1. The number of hydrogen-bond donors (Lipinski definition) is 1. The molecular formula is C26H32N4O4S2. The first-order chi connectivity index (χ1) is 17.5. The van der Waals surface area contributed by atoms with Gasteiger partial charge in [0.05, 0.1) is 24.0 Å². The third-order valence-corrected chi connectivity index (χ3v) is 8.12. The number of carbonyl (C=O) groups is 2. The van der Waals surface area contributed by atoms with Gasteiger partial charge >= 0.3 is 5.97 Å². The maximum atomic E-state index is 12.7. The molecule has 1 amide bonds. The van der Waals surface area contributed by atoms with Crippen LogP contribution in [0.25, 0.3) is 11.4 Å². The number of nitrogens with one attached hydrogen (secondary N) is 1. The molecule has 1 aliphatic carbocycles. The number of nitrogens with zero attached hydrogens (tertiary/aromatic N) is 3. The van der Waals surface area contributed by atoms with Crippen molar-refractivity contribution >= 4 is 40.0 Å². The normalized spacial score (nSPS) is 13.6. The van der Waals surface area contributed by atoms with Crippen molar-refractivity contribution in [3.63, 3.8) is 0 Å².